The van der Waals surface area contributed by atoms with Crippen molar-refractivity contribution in [3.05, 3.63) is 42.1 Å². The molecule has 0 saturated carbocycles. The molecule has 2 heterocycles. The number of aryl methyl sites for hydroxylation is 1. The maximum atomic E-state index is 13.0. The van der Waals surface area contributed by atoms with Crippen LogP contribution in [0.2, 0.25) is 0 Å². The summed E-state index contributed by atoms with van der Waals surface area (Å²) in [6.07, 6.45) is -4.01. The summed E-state index contributed by atoms with van der Waals surface area (Å²) < 4.78 is 66.4. The van der Waals surface area contributed by atoms with Crippen LogP contribution in [0.15, 0.2) is 41.3 Å². The van der Waals surface area contributed by atoms with E-state index in [4.69, 9.17) is 0 Å². The van der Waals surface area contributed by atoms with E-state index in [0.29, 0.717) is 0 Å². The maximum Gasteiger partial charge on any atom is 0.433 e. The first-order valence-electron chi connectivity index (χ1n) is 9.14. The minimum atomic E-state index is -4.57. The third-order valence-corrected chi connectivity index (χ3v) is 6.74. The lowest BCUT2D eigenvalue weighted by Gasteiger charge is -2.30. The van der Waals surface area contributed by atoms with Gasteiger partial charge in [-0.05, 0) is 31.9 Å². The number of benzene rings is 1. The number of nitrogens with one attached hydrogen (secondary N) is 1. The number of alkyl halides is 3. The first kappa shape index (κ1) is 21.3. The molecule has 0 unspecified atom stereocenters. The molecule has 1 fully saturated rings. The highest BCUT2D eigenvalue weighted by Gasteiger charge is 2.36. The molecular formula is C18H21F3N4O3S. The van der Waals surface area contributed by atoms with Crippen molar-refractivity contribution >= 4 is 21.7 Å². The first-order valence-corrected chi connectivity index (χ1v) is 10.6. The van der Waals surface area contributed by atoms with E-state index < -0.39 is 33.7 Å². The molecule has 0 spiro atoms. The molecule has 158 valence electrons. The lowest BCUT2D eigenvalue weighted by atomic mass is 9.97. The number of halogens is 3. The van der Waals surface area contributed by atoms with Crippen molar-refractivity contribution < 1.29 is 26.4 Å². The normalized spacial score (nSPS) is 16.7. The average molecular weight is 430 g/mol. The molecule has 1 N–H and O–H groups in total. The van der Waals surface area contributed by atoms with E-state index in [9.17, 15) is 26.4 Å². The second-order valence-corrected chi connectivity index (χ2v) is 8.65. The summed E-state index contributed by atoms with van der Waals surface area (Å²) >= 11 is 0. The van der Waals surface area contributed by atoms with E-state index in [-0.39, 0.29) is 43.2 Å². The van der Waals surface area contributed by atoms with Crippen LogP contribution in [0.3, 0.4) is 0 Å². The van der Waals surface area contributed by atoms with E-state index in [1.807, 2.05) is 0 Å². The predicted octanol–water partition coefficient (Wildman–Crippen LogP) is 2.96. The van der Waals surface area contributed by atoms with Crippen LogP contribution in [-0.4, -0.2) is 41.5 Å². The number of carbonyl (C=O) groups excluding carboxylic acids is 1. The molecule has 1 aromatic carbocycles. The topological polar surface area (TPSA) is 84.3 Å². The van der Waals surface area contributed by atoms with Crippen molar-refractivity contribution in [2.45, 2.75) is 37.4 Å². The van der Waals surface area contributed by atoms with E-state index in [0.717, 1.165) is 10.7 Å². The SMILES string of the molecule is CCn1nc(NC(=O)C2CCN(S(=O)(=O)c3ccccc3)CC2)cc1C(F)(F)F. The number of hydrogen-bond donors (Lipinski definition) is 1. The van der Waals surface area contributed by atoms with Gasteiger partial charge in [0.1, 0.15) is 5.69 Å². The summed E-state index contributed by atoms with van der Waals surface area (Å²) in [7, 11) is -3.63. The van der Waals surface area contributed by atoms with Crippen LogP contribution in [0.5, 0.6) is 0 Å². The molecule has 2 aromatic rings. The first-order chi connectivity index (χ1) is 13.6. The minimum Gasteiger partial charge on any atom is -0.309 e. The molecule has 11 heteroatoms. The average Bonchev–Trinajstić information content (AvgIpc) is 3.12. The van der Waals surface area contributed by atoms with Gasteiger partial charge in [-0.3, -0.25) is 9.48 Å². The van der Waals surface area contributed by atoms with Crippen molar-refractivity contribution in [1.82, 2.24) is 14.1 Å². The molecule has 1 aromatic heterocycles. The Labute approximate surface area is 166 Å². The van der Waals surface area contributed by atoms with Crippen molar-refractivity contribution in [2.75, 3.05) is 18.4 Å². The fourth-order valence-electron chi connectivity index (χ4n) is 3.28. The Morgan fingerprint density at radius 2 is 1.83 bits per heavy atom. The number of nitrogens with zero attached hydrogens (tertiary/aromatic N) is 3. The number of piperidine rings is 1. The van der Waals surface area contributed by atoms with Gasteiger partial charge in [0.2, 0.25) is 15.9 Å². The molecule has 3 rings (SSSR count). The summed E-state index contributed by atoms with van der Waals surface area (Å²) in [5.41, 5.74) is -0.931. The monoisotopic (exact) mass is 430 g/mol. The third kappa shape index (κ3) is 4.61. The highest BCUT2D eigenvalue weighted by molar-refractivity contribution is 7.89. The van der Waals surface area contributed by atoms with Crippen molar-refractivity contribution in [3.8, 4) is 0 Å². The van der Waals surface area contributed by atoms with Gasteiger partial charge in [0.25, 0.3) is 0 Å². The van der Waals surface area contributed by atoms with Gasteiger partial charge in [0.05, 0.1) is 4.90 Å². The predicted molar refractivity (Wildman–Crippen MR) is 99.5 cm³/mol. The largest absolute Gasteiger partial charge is 0.433 e. The number of anilines is 1. The number of sulfonamides is 1. The van der Waals surface area contributed by atoms with E-state index >= 15 is 0 Å². The Bertz CT molecular complexity index is 966. The third-order valence-electron chi connectivity index (χ3n) is 4.83. The zero-order valence-corrected chi connectivity index (χ0v) is 16.5. The molecular weight excluding hydrogens is 409 g/mol. The van der Waals surface area contributed by atoms with Gasteiger partial charge in [0, 0.05) is 31.6 Å². The number of aromatic nitrogens is 2. The van der Waals surface area contributed by atoms with Gasteiger partial charge in [0.15, 0.2) is 5.82 Å². The summed E-state index contributed by atoms with van der Waals surface area (Å²) in [5.74, 6) is -1.13. The lowest BCUT2D eigenvalue weighted by Crippen LogP contribution is -2.41. The highest BCUT2D eigenvalue weighted by atomic mass is 32.2. The molecule has 29 heavy (non-hydrogen) atoms. The van der Waals surface area contributed by atoms with Crippen LogP contribution in [0, 0.1) is 5.92 Å². The summed E-state index contributed by atoms with van der Waals surface area (Å²) in [6.45, 7) is 1.86. The van der Waals surface area contributed by atoms with Gasteiger partial charge in [-0.1, -0.05) is 18.2 Å². The van der Waals surface area contributed by atoms with Gasteiger partial charge in [-0.15, -0.1) is 0 Å². The Balaban J connectivity index is 1.63. The van der Waals surface area contributed by atoms with E-state index in [1.165, 1.54) is 23.4 Å². The molecule has 1 aliphatic heterocycles. The fraction of sp³-hybridized carbons (Fsp3) is 0.444. The van der Waals surface area contributed by atoms with Gasteiger partial charge in [-0.2, -0.15) is 22.6 Å². The van der Waals surface area contributed by atoms with Crippen molar-refractivity contribution in [1.29, 1.82) is 0 Å². The Morgan fingerprint density at radius 1 is 1.21 bits per heavy atom. The van der Waals surface area contributed by atoms with Crippen LogP contribution in [0.25, 0.3) is 0 Å². The van der Waals surface area contributed by atoms with Crippen molar-refractivity contribution in [2.24, 2.45) is 5.92 Å². The van der Waals surface area contributed by atoms with Gasteiger partial charge < -0.3 is 5.32 Å². The summed E-state index contributed by atoms with van der Waals surface area (Å²) in [6, 6.07) is 8.82. The van der Waals surface area contributed by atoms with Crippen molar-refractivity contribution in [3.63, 3.8) is 0 Å². The molecule has 0 radical (unpaired) electrons. The minimum absolute atomic E-state index is 0.0143. The maximum absolute atomic E-state index is 13.0. The van der Waals surface area contributed by atoms with Gasteiger partial charge >= 0.3 is 6.18 Å². The molecule has 1 saturated heterocycles. The molecule has 0 atom stereocenters. The number of rotatable bonds is 5. The van der Waals surface area contributed by atoms with E-state index in [1.54, 1.807) is 18.2 Å². The lowest BCUT2D eigenvalue weighted by molar-refractivity contribution is -0.144. The Kier molecular flexibility index (Phi) is 5.99. The zero-order chi connectivity index (χ0) is 21.2. The summed E-state index contributed by atoms with van der Waals surface area (Å²) in [5, 5.41) is 6.21. The standard InChI is InChI=1S/C18H21F3N4O3S/c1-2-25-15(18(19,20)21)12-16(23-25)22-17(26)13-8-10-24(11-9-13)29(27,28)14-6-4-3-5-7-14/h3-7,12-13H,2,8-11H2,1H3,(H,22,23,26). The number of carbonyl (C=O) groups is 1. The molecule has 1 aliphatic rings. The van der Waals surface area contributed by atoms with Crippen LogP contribution in [0.4, 0.5) is 19.0 Å². The zero-order valence-electron chi connectivity index (χ0n) is 15.7. The number of hydrogen-bond acceptors (Lipinski definition) is 4. The van der Waals surface area contributed by atoms with Crippen LogP contribution in [0.1, 0.15) is 25.5 Å². The highest BCUT2D eigenvalue weighted by Crippen LogP contribution is 2.31. The smallest absolute Gasteiger partial charge is 0.309 e. The van der Waals surface area contributed by atoms with E-state index in [2.05, 4.69) is 10.4 Å². The Hall–Kier alpha value is -2.40. The van der Waals surface area contributed by atoms with Gasteiger partial charge in [-0.25, -0.2) is 8.42 Å². The molecule has 0 aliphatic carbocycles. The van der Waals surface area contributed by atoms with Crippen LogP contribution in [-0.2, 0) is 27.5 Å². The molecule has 1 amide bonds. The quantitative estimate of drug-likeness (QED) is 0.791. The fourth-order valence-corrected chi connectivity index (χ4v) is 4.77. The number of amides is 1. The second kappa shape index (κ2) is 8.15. The molecule has 7 nitrogen and oxygen atoms in total. The van der Waals surface area contributed by atoms with Crippen LogP contribution >= 0.6 is 0 Å². The molecule has 0 bridgehead atoms. The van der Waals surface area contributed by atoms with Crippen LogP contribution < -0.4 is 5.32 Å². The Morgan fingerprint density at radius 3 is 2.34 bits per heavy atom. The second-order valence-electron chi connectivity index (χ2n) is 6.71. The summed E-state index contributed by atoms with van der Waals surface area (Å²) in [4.78, 5) is 12.6.